The highest BCUT2D eigenvalue weighted by atomic mass is 35.5. The van der Waals surface area contributed by atoms with Gasteiger partial charge in [0.1, 0.15) is 12.4 Å². The van der Waals surface area contributed by atoms with E-state index in [-0.39, 0.29) is 12.3 Å². The Morgan fingerprint density at radius 1 is 1.19 bits per heavy atom. The van der Waals surface area contributed by atoms with Gasteiger partial charge in [-0.1, -0.05) is 29.8 Å². The van der Waals surface area contributed by atoms with Crippen molar-refractivity contribution in [2.75, 3.05) is 12.0 Å². The zero-order valence-electron chi connectivity index (χ0n) is 13.8. The third-order valence-electron chi connectivity index (χ3n) is 3.71. The monoisotopic (exact) mass is 394 g/mol. The minimum Gasteiger partial charge on any atom is -0.488 e. The first kappa shape index (κ1) is 18.8. The normalized spacial score (nSPS) is 13.6. The van der Waals surface area contributed by atoms with E-state index in [4.69, 9.17) is 16.3 Å². The molecule has 1 aliphatic rings. The Labute approximate surface area is 158 Å². The van der Waals surface area contributed by atoms with E-state index in [0.717, 1.165) is 17.2 Å². The van der Waals surface area contributed by atoms with Crippen molar-refractivity contribution in [3.05, 3.63) is 76.3 Å². The highest BCUT2D eigenvalue weighted by Gasteiger charge is 2.33. The summed E-state index contributed by atoms with van der Waals surface area (Å²) in [5.74, 6) is 0.0798. The minimum atomic E-state index is -4.52. The SMILES string of the molecule is O=C(/C=C/C1=Cc2cc(Cl)ccc2OC1)NNc1ccccc1C(F)(F)F. The number of benzene rings is 2. The molecule has 0 fully saturated rings. The van der Waals surface area contributed by atoms with E-state index in [1.165, 1.54) is 30.4 Å². The lowest BCUT2D eigenvalue weighted by Crippen LogP contribution is -2.29. The van der Waals surface area contributed by atoms with Crippen LogP contribution in [0.5, 0.6) is 5.75 Å². The van der Waals surface area contributed by atoms with Crippen LogP contribution in [0.15, 0.2) is 60.2 Å². The first-order chi connectivity index (χ1) is 12.8. The predicted molar refractivity (Wildman–Crippen MR) is 97.3 cm³/mol. The molecule has 0 radical (unpaired) electrons. The number of hydrogen-bond donors (Lipinski definition) is 2. The Balaban J connectivity index is 1.64. The van der Waals surface area contributed by atoms with Crippen LogP contribution in [0.3, 0.4) is 0 Å². The summed E-state index contributed by atoms with van der Waals surface area (Å²) < 4.78 is 44.3. The topological polar surface area (TPSA) is 50.4 Å². The van der Waals surface area contributed by atoms with Crippen LogP contribution in [-0.4, -0.2) is 12.5 Å². The van der Waals surface area contributed by atoms with Crippen LogP contribution in [-0.2, 0) is 11.0 Å². The maximum absolute atomic E-state index is 12.9. The Morgan fingerprint density at radius 2 is 1.96 bits per heavy atom. The Bertz CT molecular complexity index is 923. The van der Waals surface area contributed by atoms with E-state index in [1.54, 1.807) is 18.2 Å². The van der Waals surface area contributed by atoms with Gasteiger partial charge in [-0.25, -0.2) is 0 Å². The molecular formula is C19H14ClF3N2O2. The summed E-state index contributed by atoms with van der Waals surface area (Å²) in [6.07, 6.45) is 0.0222. The number of ether oxygens (including phenoxy) is 1. The largest absolute Gasteiger partial charge is 0.488 e. The molecule has 1 heterocycles. The first-order valence-corrected chi connectivity index (χ1v) is 8.24. The fourth-order valence-corrected chi connectivity index (χ4v) is 2.64. The fraction of sp³-hybridized carbons (Fsp3) is 0.105. The van der Waals surface area contributed by atoms with Crippen molar-refractivity contribution in [3.63, 3.8) is 0 Å². The number of anilines is 1. The van der Waals surface area contributed by atoms with Gasteiger partial charge >= 0.3 is 6.18 Å². The standard InChI is InChI=1S/C19H14ClF3N2O2/c20-14-6-7-17-13(10-14)9-12(11-27-17)5-8-18(26)25-24-16-4-2-1-3-15(16)19(21,22)23/h1-10,24H,11H2,(H,25,26)/b8-5+. The highest BCUT2D eigenvalue weighted by molar-refractivity contribution is 6.30. The molecule has 140 valence electrons. The second-order valence-electron chi connectivity index (χ2n) is 5.68. The van der Waals surface area contributed by atoms with Crippen LogP contribution < -0.4 is 15.6 Å². The van der Waals surface area contributed by atoms with E-state index in [2.05, 4.69) is 10.9 Å². The zero-order chi connectivity index (χ0) is 19.4. The molecular weight excluding hydrogens is 381 g/mol. The third kappa shape index (κ3) is 4.83. The number of fused-ring (bicyclic) bond motifs is 1. The Kier molecular flexibility index (Phi) is 5.41. The van der Waals surface area contributed by atoms with Crippen LogP contribution in [0, 0.1) is 0 Å². The molecule has 0 aliphatic carbocycles. The van der Waals surface area contributed by atoms with Crippen molar-refractivity contribution in [1.29, 1.82) is 0 Å². The predicted octanol–water partition coefficient (Wildman–Crippen LogP) is 4.83. The quantitative estimate of drug-likeness (QED) is 0.576. The van der Waals surface area contributed by atoms with Gasteiger partial charge in [-0.15, -0.1) is 0 Å². The van der Waals surface area contributed by atoms with Gasteiger partial charge in [-0.2, -0.15) is 13.2 Å². The van der Waals surface area contributed by atoms with Gasteiger partial charge in [0, 0.05) is 16.7 Å². The summed E-state index contributed by atoms with van der Waals surface area (Å²) in [6.45, 7) is 0.267. The molecule has 0 unspecified atom stereocenters. The number of alkyl halides is 3. The number of amides is 1. The molecule has 8 heteroatoms. The molecule has 4 nitrogen and oxygen atoms in total. The summed E-state index contributed by atoms with van der Waals surface area (Å²) in [5, 5.41) is 0.559. The summed E-state index contributed by atoms with van der Waals surface area (Å²) in [4.78, 5) is 11.9. The van der Waals surface area contributed by atoms with Crippen LogP contribution in [0.2, 0.25) is 5.02 Å². The summed E-state index contributed by atoms with van der Waals surface area (Å²) >= 11 is 5.94. The Morgan fingerprint density at radius 3 is 2.74 bits per heavy atom. The number of hydrogen-bond acceptors (Lipinski definition) is 3. The van der Waals surface area contributed by atoms with Crippen molar-refractivity contribution in [1.82, 2.24) is 5.43 Å². The average Bonchev–Trinajstić information content (AvgIpc) is 2.63. The van der Waals surface area contributed by atoms with E-state index in [9.17, 15) is 18.0 Å². The summed E-state index contributed by atoms with van der Waals surface area (Å²) in [5.41, 5.74) is 4.90. The van der Waals surface area contributed by atoms with Crippen molar-refractivity contribution < 1.29 is 22.7 Å². The van der Waals surface area contributed by atoms with Gasteiger partial charge in [0.25, 0.3) is 5.91 Å². The lowest BCUT2D eigenvalue weighted by molar-refractivity contribution is -0.137. The first-order valence-electron chi connectivity index (χ1n) is 7.86. The minimum absolute atomic E-state index is 0.240. The number of para-hydroxylation sites is 1. The number of hydrazine groups is 1. The molecule has 2 N–H and O–H groups in total. The van der Waals surface area contributed by atoms with Crippen molar-refractivity contribution in [3.8, 4) is 5.75 Å². The molecule has 27 heavy (non-hydrogen) atoms. The maximum Gasteiger partial charge on any atom is 0.418 e. The van der Waals surface area contributed by atoms with Crippen molar-refractivity contribution >= 4 is 29.3 Å². The van der Waals surface area contributed by atoms with Crippen LogP contribution >= 0.6 is 11.6 Å². The number of rotatable bonds is 4. The van der Waals surface area contributed by atoms with Gasteiger partial charge in [-0.3, -0.25) is 15.6 Å². The fourth-order valence-electron chi connectivity index (χ4n) is 2.45. The smallest absolute Gasteiger partial charge is 0.418 e. The summed E-state index contributed by atoms with van der Waals surface area (Å²) in [6, 6.07) is 10.1. The van der Waals surface area contributed by atoms with E-state index >= 15 is 0 Å². The highest BCUT2D eigenvalue weighted by Crippen LogP contribution is 2.34. The average molecular weight is 395 g/mol. The molecule has 0 aromatic heterocycles. The Hall–Kier alpha value is -2.93. The molecule has 1 aliphatic heterocycles. The zero-order valence-corrected chi connectivity index (χ0v) is 14.6. The molecule has 0 spiro atoms. The molecule has 2 aromatic carbocycles. The van der Waals surface area contributed by atoms with Crippen molar-refractivity contribution in [2.45, 2.75) is 6.18 Å². The molecule has 0 saturated carbocycles. The maximum atomic E-state index is 12.9. The van der Waals surface area contributed by atoms with Crippen molar-refractivity contribution in [2.24, 2.45) is 0 Å². The second-order valence-corrected chi connectivity index (χ2v) is 6.12. The number of carbonyl (C=O) groups excluding carboxylic acids is 1. The molecule has 3 rings (SSSR count). The third-order valence-corrected chi connectivity index (χ3v) is 3.94. The molecule has 0 saturated heterocycles. The van der Waals surface area contributed by atoms with E-state index < -0.39 is 17.6 Å². The van der Waals surface area contributed by atoms with Gasteiger partial charge in [0.05, 0.1) is 11.3 Å². The molecule has 0 bridgehead atoms. The van der Waals surface area contributed by atoms with Crippen LogP contribution in [0.25, 0.3) is 6.08 Å². The lowest BCUT2D eigenvalue weighted by Gasteiger charge is -2.16. The van der Waals surface area contributed by atoms with Gasteiger partial charge < -0.3 is 4.74 Å². The van der Waals surface area contributed by atoms with Crippen LogP contribution in [0.1, 0.15) is 11.1 Å². The van der Waals surface area contributed by atoms with Gasteiger partial charge in [0.2, 0.25) is 0 Å². The molecule has 1 amide bonds. The van der Waals surface area contributed by atoms with E-state index in [0.29, 0.717) is 10.8 Å². The molecule has 2 aromatic rings. The van der Waals surface area contributed by atoms with E-state index in [1.807, 2.05) is 6.08 Å². The number of nitrogens with one attached hydrogen (secondary N) is 2. The second kappa shape index (κ2) is 7.75. The summed E-state index contributed by atoms with van der Waals surface area (Å²) in [7, 11) is 0. The van der Waals surface area contributed by atoms with Gasteiger partial charge in [0.15, 0.2) is 0 Å². The molecule has 0 atom stereocenters. The number of halogens is 4. The van der Waals surface area contributed by atoms with Crippen LogP contribution in [0.4, 0.5) is 18.9 Å². The lowest BCUT2D eigenvalue weighted by atomic mass is 10.1. The van der Waals surface area contributed by atoms with Gasteiger partial charge in [-0.05, 0) is 42.0 Å². The number of carbonyl (C=O) groups is 1.